The Morgan fingerprint density at radius 1 is 1.58 bits per heavy atom. The molecule has 0 aliphatic carbocycles. The Labute approximate surface area is 76.2 Å². The number of nitrogens with zero attached hydrogens (tertiary/aromatic N) is 3. The number of likely N-dealkylation sites (N-methyl/N-ethyl adjacent to an activating group) is 1. The summed E-state index contributed by atoms with van der Waals surface area (Å²) in [6.45, 7) is 4.13. The van der Waals surface area contributed by atoms with Crippen molar-refractivity contribution in [2.75, 3.05) is 20.1 Å². The second-order valence-electron chi connectivity index (χ2n) is 3.32. The quantitative estimate of drug-likeness (QED) is 0.654. The maximum Gasteiger partial charge on any atom is 0.195 e. The van der Waals surface area contributed by atoms with E-state index < -0.39 is 0 Å². The molecule has 0 bridgehead atoms. The number of aryl methyl sites for hydroxylation is 1. The molecule has 1 aliphatic heterocycles. The number of hydrogen-bond donors (Lipinski definition) is 1. The van der Waals surface area contributed by atoms with Crippen molar-refractivity contribution in [3.63, 3.8) is 0 Å². The molecule has 2 rings (SSSR count). The molecule has 1 fully saturated rings. The van der Waals surface area contributed by atoms with Gasteiger partial charge in [-0.25, -0.2) is 0 Å². The minimum Gasteiger partial charge on any atom is -0.302 e. The molecule has 1 aromatic heterocycles. The van der Waals surface area contributed by atoms with Crippen molar-refractivity contribution in [1.82, 2.24) is 19.7 Å². The second kappa shape index (κ2) is 2.67. The van der Waals surface area contributed by atoms with Gasteiger partial charge in [0, 0.05) is 13.1 Å². The smallest absolute Gasteiger partial charge is 0.195 e. The molecule has 0 aromatic carbocycles. The first kappa shape index (κ1) is 7.94. The molecule has 66 valence electrons. The van der Waals surface area contributed by atoms with Crippen LogP contribution in [-0.2, 0) is 0 Å². The fraction of sp³-hybridized carbons (Fsp3) is 0.714. The fourth-order valence-corrected chi connectivity index (χ4v) is 1.97. The van der Waals surface area contributed by atoms with Gasteiger partial charge in [0.25, 0.3) is 0 Å². The van der Waals surface area contributed by atoms with Gasteiger partial charge >= 0.3 is 0 Å². The monoisotopic (exact) mass is 184 g/mol. The molecule has 0 atom stereocenters. The highest BCUT2D eigenvalue weighted by Crippen LogP contribution is 2.20. The largest absolute Gasteiger partial charge is 0.302 e. The van der Waals surface area contributed by atoms with Crippen LogP contribution in [0.15, 0.2) is 0 Å². The first-order valence-corrected chi connectivity index (χ1v) is 4.41. The minimum atomic E-state index is 0.529. The van der Waals surface area contributed by atoms with Crippen molar-refractivity contribution in [1.29, 1.82) is 0 Å². The highest BCUT2D eigenvalue weighted by atomic mass is 32.1. The lowest BCUT2D eigenvalue weighted by atomic mass is 10.1. The molecule has 4 nitrogen and oxygen atoms in total. The van der Waals surface area contributed by atoms with Crippen molar-refractivity contribution in [3.8, 4) is 0 Å². The molecule has 0 saturated carbocycles. The number of likely N-dealkylation sites (tertiary alicyclic amines) is 1. The first-order chi connectivity index (χ1) is 5.68. The molecule has 5 heteroatoms. The average molecular weight is 184 g/mol. The molecule has 12 heavy (non-hydrogen) atoms. The Morgan fingerprint density at radius 3 is 2.67 bits per heavy atom. The van der Waals surface area contributed by atoms with Crippen LogP contribution < -0.4 is 0 Å². The molecule has 0 unspecified atom stereocenters. The summed E-state index contributed by atoms with van der Waals surface area (Å²) in [5.74, 6) is 0.984. The van der Waals surface area contributed by atoms with E-state index in [9.17, 15) is 0 Å². The van der Waals surface area contributed by atoms with Crippen LogP contribution in [0.25, 0.3) is 0 Å². The maximum atomic E-state index is 5.11. The van der Waals surface area contributed by atoms with E-state index in [2.05, 4.69) is 26.7 Å². The van der Waals surface area contributed by atoms with Gasteiger partial charge in [0.2, 0.25) is 0 Å². The third kappa shape index (κ3) is 1.09. The van der Waals surface area contributed by atoms with Gasteiger partial charge in [-0.3, -0.25) is 9.67 Å². The van der Waals surface area contributed by atoms with E-state index in [1.54, 1.807) is 0 Å². The summed E-state index contributed by atoms with van der Waals surface area (Å²) in [6.07, 6.45) is 0. The van der Waals surface area contributed by atoms with Crippen LogP contribution in [0.2, 0.25) is 0 Å². The molecule has 2 heterocycles. The third-order valence-corrected chi connectivity index (χ3v) is 2.58. The number of rotatable bonds is 1. The van der Waals surface area contributed by atoms with E-state index >= 15 is 0 Å². The van der Waals surface area contributed by atoms with Gasteiger partial charge in [-0.15, -0.1) is 0 Å². The first-order valence-electron chi connectivity index (χ1n) is 4.00. The van der Waals surface area contributed by atoms with Crippen molar-refractivity contribution >= 4 is 12.2 Å². The van der Waals surface area contributed by atoms with Gasteiger partial charge in [-0.05, 0) is 26.2 Å². The Hall–Kier alpha value is -0.680. The van der Waals surface area contributed by atoms with Gasteiger partial charge in [0.1, 0.15) is 5.82 Å². The zero-order valence-corrected chi connectivity index (χ0v) is 8.06. The number of aromatic nitrogens is 3. The lowest BCUT2D eigenvalue weighted by Gasteiger charge is -2.37. The van der Waals surface area contributed by atoms with Gasteiger partial charge in [0.05, 0.1) is 6.04 Å². The summed E-state index contributed by atoms with van der Waals surface area (Å²) < 4.78 is 2.83. The van der Waals surface area contributed by atoms with Crippen LogP contribution in [0.5, 0.6) is 0 Å². The molecule has 1 aromatic rings. The molecule has 1 aliphatic rings. The fourth-order valence-electron chi connectivity index (χ4n) is 1.64. The van der Waals surface area contributed by atoms with E-state index in [0.717, 1.165) is 23.7 Å². The van der Waals surface area contributed by atoms with E-state index in [0.29, 0.717) is 6.04 Å². The van der Waals surface area contributed by atoms with Crippen molar-refractivity contribution in [2.45, 2.75) is 13.0 Å². The normalized spacial score (nSPS) is 19.5. The highest BCUT2D eigenvalue weighted by Gasteiger charge is 2.26. The van der Waals surface area contributed by atoms with Gasteiger partial charge < -0.3 is 4.90 Å². The van der Waals surface area contributed by atoms with E-state index in [-0.39, 0.29) is 0 Å². The number of H-pyrrole nitrogens is 1. The standard InChI is InChI=1S/C7H12N4S/c1-5-8-9-7(12)11(5)6-3-10(2)4-6/h6H,3-4H2,1-2H3,(H,9,12). The molecule has 1 N–H and O–H groups in total. The van der Waals surface area contributed by atoms with E-state index in [1.807, 2.05) is 6.92 Å². The van der Waals surface area contributed by atoms with Crippen LogP contribution in [0, 0.1) is 11.7 Å². The minimum absolute atomic E-state index is 0.529. The Bertz CT molecular complexity index is 333. The molecular formula is C7H12N4S. The van der Waals surface area contributed by atoms with Crippen LogP contribution >= 0.6 is 12.2 Å². The zero-order valence-electron chi connectivity index (χ0n) is 7.24. The van der Waals surface area contributed by atoms with Gasteiger partial charge in [0.15, 0.2) is 4.77 Å². The number of aromatic amines is 1. The van der Waals surface area contributed by atoms with E-state index in [4.69, 9.17) is 12.2 Å². The van der Waals surface area contributed by atoms with Gasteiger partial charge in [-0.1, -0.05) is 0 Å². The van der Waals surface area contributed by atoms with Crippen LogP contribution in [0.3, 0.4) is 0 Å². The second-order valence-corrected chi connectivity index (χ2v) is 3.71. The maximum absolute atomic E-state index is 5.11. The predicted octanol–water partition coefficient (Wildman–Crippen LogP) is 0.736. The summed E-state index contributed by atoms with van der Waals surface area (Å²) in [6, 6.07) is 0.529. The summed E-state index contributed by atoms with van der Waals surface area (Å²) >= 11 is 5.11. The summed E-state index contributed by atoms with van der Waals surface area (Å²) in [5.41, 5.74) is 0. The van der Waals surface area contributed by atoms with Gasteiger partial charge in [-0.2, -0.15) is 5.10 Å². The summed E-state index contributed by atoms with van der Waals surface area (Å²) in [5, 5.41) is 6.87. The van der Waals surface area contributed by atoms with Crippen LogP contribution in [0.1, 0.15) is 11.9 Å². The Morgan fingerprint density at radius 2 is 2.25 bits per heavy atom. The lowest BCUT2D eigenvalue weighted by Crippen LogP contribution is -2.45. The molecule has 0 amide bonds. The van der Waals surface area contributed by atoms with Crippen molar-refractivity contribution in [2.24, 2.45) is 0 Å². The van der Waals surface area contributed by atoms with Crippen molar-refractivity contribution < 1.29 is 0 Å². The average Bonchev–Trinajstić information content (AvgIpc) is 2.26. The summed E-state index contributed by atoms with van der Waals surface area (Å²) in [7, 11) is 2.11. The SMILES string of the molecule is Cc1n[nH]c(=S)n1C1CN(C)C1. The molecular weight excluding hydrogens is 172 g/mol. The Balaban J connectivity index is 2.28. The van der Waals surface area contributed by atoms with E-state index in [1.165, 1.54) is 0 Å². The summed E-state index contributed by atoms with van der Waals surface area (Å²) in [4.78, 5) is 2.26. The molecule has 1 saturated heterocycles. The zero-order chi connectivity index (χ0) is 8.72. The Kier molecular flexibility index (Phi) is 1.77. The van der Waals surface area contributed by atoms with Crippen LogP contribution in [-0.4, -0.2) is 39.8 Å². The molecule has 0 radical (unpaired) electrons. The van der Waals surface area contributed by atoms with Crippen LogP contribution in [0.4, 0.5) is 0 Å². The highest BCUT2D eigenvalue weighted by molar-refractivity contribution is 7.71. The lowest BCUT2D eigenvalue weighted by molar-refractivity contribution is 0.137. The number of hydrogen-bond acceptors (Lipinski definition) is 3. The third-order valence-electron chi connectivity index (χ3n) is 2.29. The number of nitrogens with one attached hydrogen (secondary N) is 1. The molecule has 0 spiro atoms. The topological polar surface area (TPSA) is 36.9 Å². The predicted molar refractivity (Wildman–Crippen MR) is 48.7 cm³/mol. The van der Waals surface area contributed by atoms with Crippen molar-refractivity contribution in [3.05, 3.63) is 10.6 Å².